The average Bonchev–Trinajstić information content (AvgIpc) is 2.00. The van der Waals surface area contributed by atoms with Gasteiger partial charge in [0.15, 0.2) is 5.78 Å². The summed E-state index contributed by atoms with van der Waals surface area (Å²) in [6.45, 7) is 7.55. The molecule has 0 aromatic heterocycles. The van der Waals surface area contributed by atoms with Crippen molar-refractivity contribution in [1.29, 1.82) is 0 Å². The van der Waals surface area contributed by atoms with E-state index in [9.17, 15) is 4.79 Å². The van der Waals surface area contributed by atoms with Crippen LogP contribution in [0.3, 0.4) is 0 Å². The molecule has 0 amide bonds. The maximum atomic E-state index is 10.6. The van der Waals surface area contributed by atoms with Gasteiger partial charge in [0.1, 0.15) is 0 Å². The summed E-state index contributed by atoms with van der Waals surface area (Å²) in [6.07, 6.45) is 7.44. The van der Waals surface area contributed by atoms with Gasteiger partial charge in [-0.3, -0.25) is 4.79 Å². The molecule has 0 aliphatic carbocycles. The highest BCUT2D eigenvalue weighted by atomic mass is 16.1. The Kier molecular flexibility index (Phi) is 5.02. The van der Waals surface area contributed by atoms with Crippen LogP contribution >= 0.6 is 0 Å². The molecule has 1 heteroatoms. The highest BCUT2D eigenvalue weighted by Gasteiger charge is 1.88. The summed E-state index contributed by atoms with van der Waals surface area (Å²) in [7, 11) is 0. The maximum absolute atomic E-state index is 10.6. The molecule has 66 valence electrons. The molecule has 0 bridgehead atoms. The van der Waals surface area contributed by atoms with Crippen molar-refractivity contribution in [1.82, 2.24) is 0 Å². The molecule has 0 heterocycles. The van der Waals surface area contributed by atoms with E-state index in [2.05, 4.69) is 0 Å². The van der Waals surface area contributed by atoms with Crippen molar-refractivity contribution in [3.63, 3.8) is 0 Å². The molecule has 0 atom stereocenters. The van der Waals surface area contributed by atoms with Crippen molar-refractivity contribution in [3.8, 4) is 0 Å². The average molecular weight is 164 g/mol. The first kappa shape index (κ1) is 10.9. The van der Waals surface area contributed by atoms with E-state index in [0.717, 1.165) is 5.57 Å². The first-order chi connectivity index (χ1) is 5.57. The van der Waals surface area contributed by atoms with E-state index < -0.39 is 0 Å². The van der Waals surface area contributed by atoms with E-state index in [4.69, 9.17) is 0 Å². The predicted octanol–water partition coefficient (Wildman–Crippen LogP) is 3.04. The molecule has 0 unspecified atom stereocenters. The molecule has 12 heavy (non-hydrogen) atoms. The molecule has 0 fully saturated rings. The van der Waals surface area contributed by atoms with Crippen LogP contribution in [0.4, 0.5) is 0 Å². The first-order valence-corrected chi connectivity index (χ1v) is 4.06. The fourth-order valence-electron chi connectivity index (χ4n) is 0.755. The van der Waals surface area contributed by atoms with Gasteiger partial charge in [-0.2, -0.15) is 0 Å². The van der Waals surface area contributed by atoms with Gasteiger partial charge in [-0.1, -0.05) is 18.2 Å². The van der Waals surface area contributed by atoms with Crippen LogP contribution in [0.15, 0.2) is 35.5 Å². The van der Waals surface area contributed by atoms with E-state index >= 15 is 0 Å². The van der Waals surface area contributed by atoms with E-state index in [1.807, 2.05) is 39.0 Å². The Labute approximate surface area is 74.5 Å². The summed E-state index contributed by atoms with van der Waals surface area (Å²) in [4.78, 5) is 10.6. The molecule has 0 spiro atoms. The molecule has 0 N–H and O–H groups in total. The van der Waals surface area contributed by atoms with Gasteiger partial charge in [0.05, 0.1) is 0 Å². The number of hydrogen-bond donors (Lipinski definition) is 0. The third-order valence-electron chi connectivity index (χ3n) is 1.61. The van der Waals surface area contributed by atoms with Crippen molar-refractivity contribution >= 4 is 5.78 Å². The summed E-state index contributed by atoms with van der Waals surface area (Å²) in [5, 5.41) is 0. The van der Waals surface area contributed by atoms with Gasteiger partial charge in [0.25, 0.3) is 0 Å². The second-order valence-electron chi connectivity index (χ2n) is 2.81. The van der Waals surface area contributed by atoms with Crippen molar-refractivity contribution < 1.29 is 4.79 Å². The lowest BCUT2D eigenvalue weighted by Crippen LogP contribution is -1.82. The summed E-state index contributed by atoms with van der Waals surface area (Å²) in [6, 6.07) is 0. The molecule has 0 aliphatic rings. The monoisotopic (exact) mass is 164 g/mol. The van der Waals surface area contributed by atoms with Crippen LogP contribution in [0, 0.1) is 0 Å². The summed E-state index contributed by atoms with van der Waals surface area (Å²) in [5.41, 5.74) is 2.32. The van der Waals surface area contributed by atoms with Gasteiger partial charge < -0.3 is 0 Å². The molecule has 0 radical (unpaired) electrons. The third-order valence-corrected chi connectivity index (χ3v) is 1.61. The molecule has 0 aromatic rings. The van der Waals surface area contributed by atoms with Crippen molar-refractivity contribution in [2.24, 2.45) is 0 Å². The fraction of sp³-hybridized carbons (Fsp3) is 0.364. The number of rotatable bonds is 3. The Hall–Kier alpha value is -1.11. The van der Waals surface area contributed by atoms with Crippen LogP contribution in [-0.2, 0) is 4.79 Å². The Morgan fingerprint density at radius 3 is 1.83 bits per heavy atom. The predicted molar refractivity (Wildman–Crippen MR) is 53.0 cm³/mol. The van der Waals surface area contributed by atoms with E-state index in [0.29, 0.717) is 0 Å². The van der Waals surface area contributed by atoms with Gasteiger partial charge >= 0.3 is 0 Å². The molecular weight excluding hydrogens is 148 g/mol. The number of ketones is 1. The number of allylic oxidation sites excluding steroid dienone is 6. The van der Waals surface area contributed by atoms with Gasteiger partial charge in [-0.05, 0) is 44.9 Å². The molecule has 0 aromatic carbocycles. The molecule has 0 saturated carbocycles. The van der Waals surface area contributed by atoms with E-state index in [1.165, 1.54) is 5.57 Å². The van der Waals surface area contributed by atoms with Crippen LogP contribution in [0.1, 0.15) is 27.7 Å². The fourth-order valence-corrected chi connectivity index (χ4v) is 0.755. The van der Waals surface area contributed by atoms with E-state index in [1.54, 1.807) is 13.0 Å². The number of hydrogen-bond acceptors (Lipinski definition) is 1. The van der Waals surface area contributed by atoms with Gasteiger partial charge in [-0.15, -0.1) is 0 Å². The Morgan fingerprint density at radius 2 is 1.42 bits per heavy atom. The van der Waals surface area contributed by atoms with Crippen molar-refractivity contribution in [2.75, 3.05) is 0 Å². The van der Waals surface area contributed by atoms with Crippen LogP contribution in [0.5, 0.6) is 0 Å². The van der Waals surface area contributed by atoms with Crippen LogP contribution in [0.25, 0.3) is 0 Å². The summed E-state index contributed by atoms with van der Waals surface area (Å²) >= 11 is 0. The normalized spacial score (nSPS) is 14.0. The minimum Gasteiger partial charge on any atom is -0.295 e. The minimum atomic E-state index is 0.0858. The van der Waals surface area contributed by atoms with Crippen molar-refractivity contribution in [2.45, 2.75) is 27.7 Å². The van der Waals surface area contributed by atoms with Gasteiger partial charge in [0.2, 0.25) is 0 Å². The van der Waals surface area contributed by atoms with Crippen LogP contribution in [0.2, 0.25) is 0 Å². The Morgan fingerprint density at radius 1 is 0.917 bits per heavy atom. The Bertz CT molecular complexity index is 242. The highest BCUT2D eigenvalue weighted by molar-refractivity contribution is 5.87. The van der Waals surface area contributed by atoms with E-state index in [-0.39, 0.29) is 5.78 Å². The second kappa shape index (κ2) is 5.53. The van der Waals surface area contributed by atoms with Crippen LogP contribution < -0.4 is 0 Å². The second-order valence-corrected chi connectivity index (χ2v) is 2.81. The zero-order valence-corrected chi connectivity index (χ0v) is 8.22. The van der Waals surface area contributed by atoms with Crippen LogP contribution in [-0.4, -0.2) is 5.78 Å². The third kappa shape index (κ3) is 4.67. The lowest BCUT2D eigenvalue weighted by Gasteiger charge is -1.95. The Balaban J connectivity index is 4.46. The lowest BCUT2D eigenvalue weighted by molar-refractivity contribution is -0.112. The van der Waals surface area contributed by atoms with Crippen molar-refractivity contribution in [3.05, 3.63) is 35.5 Å². The number of carbonyl (C=O) groups excluding carboxylic acids is 1. The summed E-state index contributed by atoms with van der Waals surface area (Å²) < 4.78 is 0. The largest absolute Gasteiger partial charge is 0.295 e. The zero-order valence-electron chi connectivity index (χ0n) is 8.22. The SMILES string of the molecule is C\C=C/C(C)=C(C)/C=C\C(C)=O. The quantitative estimate of drug-likeness (QED) is 0.463. The van der Waals surface area contributed by atoms with Gasteiger partial charge in [-0.25, -0.2) is 0 Å². The molecule has 0 aliphatic heterocycles. The molecule has 0 saturated heterocycles. The number of carbonyl (C=O) groups is 1. The van der Waals surface area contributed by atoms with Gasteiger partial charge in [0, 0.05) is 0 Å². The highest BCUT2D eigenvalue weighted by Crippen LogP contribution is 2.05. The smallest absolute Gasteiger partial charge is 0.152 e. The maximum Gasteiger partial charge on any atom is 0.152 e. The first-order valence-electron chi connectivity index (χ1n) is 4.06. The molecule has 1 nitrogen and oxygen atoms in total. The topological polar surface area (TPSA) is 17.1 Å². The zero-order chi connectivity index (χ0) is 9.56. The standard InChI is InChI=1S/C11H16O/c1-5-6-9(2)10(3)7-8-11(4)12/h5-8H,1-4H3/b6-5-,8-7-,10-9+. The molecular formula is C11H16O. The summed E-state index contributed by atoms with van der Waals surface area (Å²) in [5.74, 6) is 0.0858. The lowest BCUT2D eigenvalue weighted by atomic mass is 10.1. The minimum absolute atomic E-state index is 0.0858. The molecule has 0 rings (SSSR count).